The standard InChI is InChI=1S/C32H25N3Si/c1-34-29-19-11-12-20-30(29)35-31-23-27(21-22-28(31)33-32(34)35)36(24-13-5-2-6-14-24,25-15-7-3-8-16-25)26-17-9-4-10-18-26/h2-23H,1H3. The minimum absolute atomic E-state index is 0.967. The van der Waals surface area contributed by atoms with Crippen LogP contribution in [0.2, 0.25) is 0 Å². The number of hydrogen-bond acceptors (Lipinski definition) is 1. The van der Waals surface area contributed by atoms with Gasteiger partial charge in [-0.15, -0.1) is 0 Å². The molecule has 0 atom stereocenters. The monoisotopic (exact) mass is 479 g/mol. The minimum atomic E-state index is -2.59. The number of hydrogen-bond donors (Lipinski definition) is 0. The molecule has 0 radical (unpaired) electrons. The Morgan fingerprint density at radius 1 is 0.500 bits per heavy atom. The molecule has 0 aliphatic carbocycles. The summed E-state index contributed by atoms with van der Waals surface area (Å²) in [6.45, 7) is 0. The van der Waals surface area contributed by atoms with Crippen molar-refractivity contribution >= 4 is 56.7 Å². The van der Waals surface area contributed by atoms with Crippen molar-refractivity contribution in [1.82, 2.24) is 14.0 Å². The normalized spacial score (nSPS) is 12.0. The first kappa shape index (κ1) is 20.9. The van der Waals surface area contributed by atoms with Gasteiger partial charge in [-0.25, -0.2) is 4.98 Å². The van der Waals surface area contributed by atoms with Gasteiger partial charge in [0.05, 0.1) is 22.1 Å². The molecule has 7 rings (SSSR count). The van der Waals surface area contributed by atoms with Crippen molar-refractivity contribution in [3.63, 3.8) is 0 Å². The zero-order valence-electron chi connectivity index (χ0n) is 20.0. The number of imidazole rings is 2. The fourth-order valence-electron chi connectivity index (χ4n) is 5.87. The van der Waals surface area contributed by atoms with E-state index >= 15 is 0 Å². The quantitative estimate of drug-likeness (QED) is 0.272. The van der Waals surface area contributed by atoms with E-state index in [9.17, 15) is 0 Å². The number of aryl methyl sites for hydroxylation is 1. The minimum Gasteiger partial charge on any atom is -0.313 e. The molecule has 2 heterocycles. The maximum absolute atomic E-state index is 5.03. The van der Waals surface area contributed by atoms with Gasteiger partial charge in [-0.1, -0.05) is 109 Å². The van der Waals surface area contributed by atoms with Crippen molar-refractivity contribution < 1.29 is 0 Å². The van der Waals surface area contributed by atoms with E-state index in [1.807, 2.05) is 0 Å². The smallest absolute Gasteiger partial charge is 0.215 e. The van der Waals surface area contributed by atoms with Crippen LogP contribution in [0.5, 0.6) is 0 Å². The lowest BCUT2D eigenvalue weighted by atomic mass is 10.3. The molecule has 0 spiro atoms. The molecule has 3 nitrogen and oxygen atoms in total. The summed E-state index contributed by atoms with van der Waals surface area (Å²) in [6.07, 6.45) is 0. The molecule has 0 saturated carbocycles. The molecule has 7 aromatic rings. The summed E-state index contributed by atoms with van der Waals surface area (Å²) in [5, 5.41) is 5.48. The predicted molar refractivity (Wildman–Crippen MR) is 153 cm³/mol. The molecule has 172 valence electrons. The molecule has 4 heteroatoms. The van der Waals surface area contributed by atoms with Gasteiger partial charge in [-0.05, 0) is 45.0 Å². The van der Waals surface area contributed by atoms with Crippen molar-refractivity contribution in [2.75, 3.05) is 0 Å². The summed E-state index contributed by atoms with van der Waals surface area (Å²) < 4.78 is 4.50. The molecule has 0 unspecified atom stereocenters. The van der Waals surface area contributed by atoms with Gasteiger partial charge >= 0.3 is 0 Å². The van der Waals surface area contributed by atoms with Crippen LogP contribution in [0, 0.1) is 0 Å². The second kappa shape index (κ2) is 8.07. The fourth-order valence-corrected chi connectivity index (χ4v) is 10.6. The van der Waals surface area contributed by atoms with Gasteiger partial charge in [0.1, 0.15) is 0 Å². The second-order valence-electron chi connectivity index (χ2n) is 9.35. The first-order valence-electron chi connectivity index (χ1n) is 12.3. The zero-order valence-corrected chi connectivity index (χ0v) is 21.0. The van der Waals surface area contributed by atoms with E-state index in [0.29, 0.717) is 0 Å². The Hall–Kier alpha value is -4.41. The number of benzene rings is 5. The van der Waals surface area contributed by atoms with Gasteiger partial charge < -0.3 is 4.57 Å². The summed E-state index contributed by atoms with van der Waals surface area (Å²) in [6, 6.07) is 48.7. The summed E-state index contributed by atoms with van der Waals surface area (Å²) >= 11 is 0. The van der Waals surface area contributed by atoms with E-state index in [4.69, 9.17) is 4.98 Å². The van der Waals surface area contributed by atoms with Crippen molar-refractivity contribution in [2.24, 2.45) is 7.05 Å². The number of aromatic nitrogens is 3. The van der Waals surface area contributed by atoms with Gasteiger partial charge in [0.15, 0.2) is 8.07 Å². The zero-order chi connectivity index (χ0) is 24.1. The Morgan fingerprint density at radius 3 is 1.56 bits per heavy atom. The number of fused-ring (bicyclic) bond motifs is 5. The average Bonchev–Trinajstić information content (AvgIpc) is 3.46. The highest BCUT2D eigenvalue weighted by Gasteiger charge is 2.41. The van der Waals surface area contributed by atoms with Crippen molar-refractivity contribution in [3.05, 3.63) is 133 Å². The molecule has 2 aromatic heterocycles. The Morgan fingerprint density at radius 2 is 1.00 bits per heavy atom. The molecule has 5 aromatic carbocycles. The second-order valence-corrected chi connectivity index (χ2v) is 13.2. The molecule has 0 fully saturated rings. The first-order valence-corrected chi connectivity index (χ1v) is 14.3. The SMILES string of the molecule is Cn1c2ccccc2n2c3cc([Si](c4ccccc4)(c4ccccc4)c4ccccc4)ccc3nc12. The predicted octanol–water partition coefficient (Wildman–Crippen LogP) is 4.36. The van der Waals surface area contributed by atoms with E-state index < -0.39 is 8.07 Å². The fraction of sp³-hybridized carbons (Fsp3) is 0.0312. The molecule has 0 aliphatic heterocycles. The Bertz CT molecular complexity index is 1740. The van der Waals surface area contributed by atoms with Crippen LogP contribution in [0.25, 0.3) is 27.8 Å². The van der Waals surface area contributed by atoms with Crippen molar-refractivity contribution in [1.29, 1.82) is 0 Å². The molecule has 36 heavy (non-hydrogen) atoms. The first-order chi connectivity index (χ1) is 17.8. The van der Waals surface area contributed by atoms with E-state index in [-0.39, 0.29) is 0 Å². The van der Waals surface area contributed by atoms with Crippen LogP contribution in [0.4, 0.5) is 0 Å². The van der Waals surface area contributed by atoms with E-state index in [2.05, 4.69) is 149 Å². The summed E-state index contributed by atoms with van der Waals surface area (Å²) in [5.74, 6) is 0.967. The van der Waals surface area contributed by atoms with Crippen molar-refractivity contribution in [2.45, 2.75) is 0 Å². The van der Waals surface area contributed by atoms with Crippen LogP contribution >= 0.6 is 0 Å². The van der Waals surface area contributed by atoms with Crippen LogP contribution in [0.15, 0.2) is 133 Å². The number of para-hydroxylation sites is 2. The highest BCUT2D eigenvalue weighted by Crippen LogP contribution is 2.25. The summed E-state index contributed by atoms with van der Waals surface area (Å²) in [4.78, 5) is 5.03. The molecule has 0 amide bonds. The third-order valence-corrected chi connectivity index (χ3v) is 12.2. The molecule has 0 bridgehead atoms. The van der Waals surface area contributed by atoms with Crippen LogP contribution in [0.3, 0.4) is 0 Å². The van der Waals surface area contributed by atoms with Gasteiger partial charge in [0.2, 0.25) is 5.78 Å². The molecule has 0 saturated heterocycles. The van der Waals surface area contributed by atoms with Gasteiger partial charge in [-0.3, -0.25) is 4.40 Å². The van der Waals surface area contributed by atoms with E-state index in [1.165, 1.54) is 31.8 Å². The van der Waals surface area contributed by atoms with Gasteiger partial charge in [-0.2, -0.15) is 0 Å². The van der Waals surface area contributed by atoms with Crippen LogP contribution < -0.4 is 20.7 Å². The third-order valence-electron chi connectivity index (χ3n) is 7.47. The van der Waals surface area contributed by atoms with Crippen LogP contribution in [-0.2, 0) is 7.05 Å². The van der Waals surface area contributed by atoms with E-state index in [0.717, 1.165) is 16.8 Å². The summed E-state index contributed by atoms with van der Waals surface area (Å²) in [7, 11) is -0.488. The van der Waals surface area contributed by atoms with E-state index in [1.54, 1.807) is 0 Å². The maximum Gasteiger partial charge on any atom is 0.215 e. The topological polar surface area (TPSA) is 22.2 Å². The van der Waals surface area contributed by atoms with Gasteiger partial charge in [0.25, 0.3) is 0 Å². The lowest BCUT2D eigenvalue weighted by Gasteiger charge is -2.34. The van der Waals surface area contributed by atoms with Crippen LogP contribution in [-0.4, -0.2) is 22.0 Å². The van der Waals surface area contributed by atoms with Crippen LogP contribution in [0.1, 0.15) is 0 Å². The van der Waals surface area contributed by atoms with Crippen molar-refractivity contribution in [3.8, 4) is 0 Å². The molecule has 0 N–H and O–H groups in total. The Labute approximate surface area is 210 Å². The number of rotatable bonds is 4. The Kier molecular flexibility index (Phi) is 4.69. The summed E-state index contributed by atoms with van der Waals surface area (Å²) in [5.41, 5.74) is 4.54. The third kappa shape index (κ3) is 2.88. The highest BCUT2D eigenvalue weighted by atomic mass is 28.3. The Balaban J connectivity index is 1.63. The largest absolute Gasteiger partial charge is 0.313 e. The molecule has 0 aliphatic rings. The highest BCUT2D eigenvalue weighted by molar-refractivity contribution is 7.20. The van der Waals surface area contributed by atoms with Gasteiger partial charge in [0, 0.05) is 7.05 Å². The number of nitrogens with zero attached hydrogens (tertiary/aromatic N) is 3. The lowest BCUT2D eigenvalue weighted by Crippen LogP contribution is -2.74. The molecular weight excluding hydrogens is 454 g/mol. The maximum atomic E-state index is 5.03. The average molecular weight is 480 g/mol. The lowest BCUT2D eigenvalue weighted by molar-refractivity contribution is 0.974. The molecular formula is C32H25N3Si.